The number of H-pyrrole nitrogens is 1. The van der Waals surface area contributed by atoms with Gasteiger partial charge in [-0.3, -0.25) is 4.79 Å². The van der Waals surface area contributed by atoms with Gasteiger partial charge < -0.3 is 10.3 Å². The van der Waals surface area contributed by atoms with Crippen LogP contribution in [-0.4, -0.2) is 10.9 Å². The van der Waals surface area contributed by atoms with Crippen molar-refractivity contribution in [2.75, 3.05) is 5.32 Å². The molecule has 1 aromatic heterocycles. The molecular formula is C21H15FN4O. The van der Waals surface area contributed by atoms with Crippen LogP contribution in [0.15, 0.2) is 89.2 Å². The smallest absolute Gasteiger partial charge is 0.258 e. The molecule has 0 radical (unpaired) electrons. The summed E-state index contributed by atoms with van der Waals surface area (Å²) < 4.78 is 13.8. The maximum atomic E-state index is 13.8. The van der Waals surface area contributed by atoms with E-state index in [1.807, 2.05) is 24.3 Å². The first-order valence-corrected chi connectivity index (χ1v) is 8.35. The molecule has 0 spiro atoms. The summed E-state index contributed by atoms with van der Waals surface area (Å²) in [7, 11) is 0. The topological polar surface area (TPSA) is 69.6 Å². The summed E-state index contributed by atoms with van der Waals surface area (Å²) in [4.78, 5) is 15.7. The van der Waals surface area contributed by atoms with E-state index in [9.17, 15) is 9.18 Å². The molecule has 132 valence electrons. The Hall–Kier alpha value is -3.80. The number of benzene rings is 3. The quantitative estimate of drug-likeness (QED) is 0.433. The molecule has 0 atom stereocenters. The Bertz CT molecular complexity index is 1150. The average Bonchev–Trinajstić information content (AvgIpc) is 3.11. The summed E-state index contributed by atoms with van der Waals surface area (Å²) in [6.07, 6.45) is 1.76. The molecule has 0 saturated heterocycles. The van der Waals surface area contributed by atoms with Gasteiger partial charge in [0, 0.05) is 17.1 Å². The summed E-state index contributed by atoms with van der Waals surface area (Å²) in [5.74, 6) is -0.947. The van der Waals surface area contributed by atoms with E-state index in [4.69, 9.17) is 0 Å². The largest absolute Gasteiger partial charge is 0.359 e. The molecule has 6 heteroatoms. The van der Waals surface area contributed by atoms with Crippen LogP contribution in [-0.2, 0) is 0 Å². The molecule has 5 nitrogen and oxygen atoms in total. The van der Waals surface area contributed by atoms with Gasteiger partial charge in [0.1, 0.15) is 11.5 Å². The number of nitrogens with zero attached hydrogens (tertiary/aromatic N) is 2. The molecule has 0 saturated carbocycles. The Kier molecular flexibility index (Phi) is 4.45. The van der Waals surface area contributed by atoms with Crippen molar-refractivity contribution in [3.63, 3.8) is 0 Å². The number of hydrogen-bond acceptors (Lipinski definition) is 3. The van der Waals surface area contributed by atoms with E-state index in [1.54, 1.807) is 42.6 Å². The zero-order valence-electron chi connectivity index (χ0n) is 14.2. The SMILES string of the molecule is O=C(Nc1ccccc1F)c1ccccc1N=Nc1c[nH]c2ccccc12. The van der Waals surface area contributed by atoms with Crippen LogP contribution in [0.4, 0.5) is 21.5 Å². The number of amides is 1. The molecule has 1 heterocycles. The van der Waals surface area contributed by atoms with Crippen LogP contribution in [0.1, 0.15) is 10.4 Å². The maximum Gasteiger partial charge on any atom is 0.258 e. The minimum Gasteiger partial charge on any atom is -0.359 e. The first kappa shape index (κ1) is 16.7. The highest BCUT2D eigenvalue weighted by Gasteiger charge is 2.13. The predicted octanol–water partition coefficient (Wildman–Crippen LogP) is 5.97. The van der Waals surface area contributed by atoms with Gasteiger partial charge in [0.15, 0.2) is 0 Å². The van der Waals surface area contributed by atoms with Gasteiger partial charge in [0.05, 0.1) is 16.9 Å². The average molecular weight is 358 g/mol. The fourth-order valence-electron chi connectivity index (χ4n) is 2.75. The molecule has 2 N–H and O–H groups in total. The monoisotopic (exact) mass is 358 g/mol. The molecule has 1 amide bonds. The highest BCUT2D eigenvalue weighted by molar-refractivity contribution is 6.07. The van der Waals surface area contributed by atoms with Crippen LogP contribution in [0.25, 0.3) is 10.9 Å². The van der Waals surface area contributed by atoms with Crippen molar-refractivity contribution in [1.82, 2.24) is 4.98 Å². The van der Waals surface area contributed by atoms with Gasteiger partial charge in [-0.2, -0.15) is 0 Å². The summed E-state index contributed by atoms with van der Waals surface area (Å²) in [5, 5.41) is 12.0. The summed E-state index contributed by atoms with van der Waals surface area (Å²) in [6, 6.07) is 20.6. The molecule has 0 bridgehead atoms. The lowest BCUT2D eigenvalue weighted by atomic mass is 10.1. The lowest BCUT2D eigenvalue weighted by molar-refractivity contribution is 0.102. The van der Waals surface area contributed by atoms with Gasteiger partial charge in [0.25, 0.3) is 5.91 Å². The van der Waals surface area contributed by atoms with E-state index < -0.39 is 11.7 Å². The van der Waals surface area contributed by atoms with Crippen LogP contribution < -0.4 is 5.32 Å². The minimum absolute atomic E-state index is 0.117. The molecule has 0 aliphatic rings. The van der Waals surface area contributed by atoms with E-state index in [1.165, 1.54) is 12.1 Å². The highest BCUT2D eigenvalue weighted by Crippen LogP contribution is 2.28. The lowest BCUT2D eigenvalue weighted by Crippen LogP contribution is -2.13. The molecule has 27 heavy (non-hydrogen) atoms. The molecule has 0 unspecified atom stereocenters. The molecule has 3 aromatic carbocycles. The number of halogens is 1. The third-order valence-corrected chi connectivity index (χ3v) is 4.10. The second-order valence-electron chi connectivity index (χ2n) is 5.87. The Morgan fingerprint density at radius 1 is 0.852 bits per heavy atom. The number of carbonyl (C=O) groups is 1. The van der Waals surface area contributed by atoms with Crippen LogP contribution in [0.3, 0.4) is 0 Å². The van der Waals surface area contributed by atoms with E-state index in [0.717, 1.165) is 10.9 Å². The van der Waals surface area contributed by atoms with Gasteiger partial charge in [-0.15, -0.1) is 10.2 Å². The number of aromatic nitrogens is 1. The Balaban J connectivity index is 1.63. The number of hydrogen-bond donors (Lipinski definition) is 2. The first-order chi connectivity index (χ1) is 13.2. The number of fused-ring (bicyclic) bond motifs is 1. The number of anilines is 1. The van der Waals surface area contributed by atoms with Gasteiger partial charge in [-0.25, -0.2) is 4.39 Å². The number of aromatic amines is 1. The van der Waals surface area contributed by atoms with E-state index in [0.29, 0.717) is 16.9 Å². The number of para-hydroxylation sites is 2. The fraction of sp³-hybridized carbons (Fsp3) is 0. The summed E-state index contributed by atoms with van der Waals surface area (Å²) in [5.41, 5.74) is 2.46. The van der Waals surface area contributed by atoms with Crippen molar-refractivity contribution in [2.45, 2.75) is 0 Å². The van der Waals surface area contributed by atoms with Crippen molar-refractivity contribution in [2.24, 2.45) is 10.2 Å². The van der Waals surface area contributed by atoms with Gasteiger partial charge in [0.2, 0.25) is 0 Å². The van der Waals surface area contributed by atoms with E-state index >= 15 is 0 Å². The highest BCUT2D eigenvalue weighted by atomic mass is 19.1. The number of carbonyl (C=O) groups excluding carboxylic acids is 1. The zero-order valence-corrected chi connectivity index (χ0v) is 14.2. The molecule has 4 aromatic rings. The Morgan fingerprint density at radius 2 is 1.56 bits per heavy atom. The van der Waals surface area contributed by atoms with Crippen molar-refractivity contribution < 1.29 is 9.18 Å². The molecule has 0 aliphatic heterocycles. The van der Waals surface area contributed by atoms with Gasteiger partial charge in [-0.05, 0) is 30.3 Å². The van der Waals surface area contributed by atoms with Crippen LogP contribution in [0, 0.1) is 5.82 Å². The molecule has 4 rings (SSSR count). The number of azo groups is 1. The maximum absolute atomic E-state index is 13.8. The molecule has 0 aliphatic carbocycles. The minimum atomic E-state index is -0.497. The summed E-state index contributed by atoms with van der Waals surface area (Å²) in [6.45, 7) is 0. The zero-order chi connectivity index (χ0) is 18.6. The third kappa shape index (κ3) is 3.46. The van der Waals surface area contributed by atoms with Crippen molar-refractivity contribution in [3.8, 4) is 0 Å². The van der Waals surface area contributed by atoms with Crippen LogP contribution in [0.2, 0.25) is 0 Å². The normalized spacial score (nSPS) is 11.1. The lowest BCUT2D eigenvalue weighted by Gasteiger charge is -2.07. The number of rotatable bonds is 4. The first-order valence-electron chi connectivity index (χ1n) is 8.35. The van der Waals surface area contributed by atoms with E-state index in [2.05, 4.69) is 20.5 Å². The standard InChI is InChI=1S/C21H15FN4O/c22-16-9-3-6-12-19(16)24-21(27)15-8-2-5-11-18(15)25-26-20-13-23-17-10-4-1-7-14(17)20/h1-13,23H,(H,24,27). The third-order valence-electron chi connectivity index (χ3n) is 4.10. The van der Waals surface area contributed by atoms with Crippen molar-refractivity contribution >= 4 is 33.9 Å². The van der Waals surface area contributed by atoms with Crippen molar-refractivity contribution in [3.05, 3.63) is 90.4 Å². The van der Waals surface area contributed by atoms with E-state index in [-0.39, 0.29) is 5.69 Å². The second kappa shape index (κ2) is 7.21. The van der Waals surface area contributed by atoms with Crippen LogP contribution >= 0.6 is 0 Å². The van der Waals surface area contributed by atoms with Gasteiger partial charge >= 0.3 is 0 Å². The van der Waals surface area contributed by atoms with Crippen molar-refractivity contribution in [1.29, 1.82) is 0 Å². The second-order valence-corrected chi connectivity index (χ2v) is 5.87. The Morgan fingerprint density at radius 3 is 2.44 bits per heavy atom. The number of nitrogens with one attached hydrogen (secondary N) is 2. The summed E-state index contributed by atoms with van der Waals surface area (Å²) >= 11 is 0. The van der Waals surface area contributed by atoms with Gasteiger partial charge in [-0.1, -0.05) is 42.5 Å². The predicted molar refractivity (Wildman–Crippen MR) is 103 cm³/mol. The Labute approximate surface area is 154 Å². The molecule has 0 fully saturated rings. The van der Waals surface area contributed by atoms with Crippen LogP contribution in [0.5, 0.6) is 0 Å². The molecular weight excluding hydrogens is 343 g/mol. The fourth-order valence-corrected chi connectivity index (χ4v) is 2.75.